The maximum atomic E-state index is 11.0. The van der Waals surface area contributed by atoms with Crippen molar-refractivity contribution in [3.05, 3.63) is 11.8 Å². The number of nitrogens with one attached hydrogen (secondary N) is 1. The molecule has 5 heteroatoms. The molecular weight excluding hydrogens is 160 g/mol. The zero-order chi connectivity index (χ0) is 9.56. The van der Waals surface area contributed by atoms with Gasteiger partial charge in [-0.15, -0.1) is 0 Å². The van der Waals surface area contributed by atoms with Gasteiger partial charge in [0, 0.05) is 6.20 Å². The van der Waals surface area contributed by atoms with Crippen LogP contribution in [0.25, 0.3) is 0 Å². The summed E-state index contributed by atoms with van der Waals surface area (Å²) in [5.74, 6) is -0.942. The van der Waals surface area contributed by atoms with Crippen molar-refractivity contribution < 1.29 is 14.3 Å². The molecule has 68 valence electrons. The lowest BCUT2D eigenvalue weighted by Gasteiger charge is -2.05. The number of hydrogen-bond acceptors (Lipinski definition) is 5. The van der Waals surface area contributed by atoms with Gasteiger partial charge in [0.05, 0.1) is 13.7 Å². The highest BCUT2D eigenvalue weighted by Gasteiger charge is 2.15. The Kier molecular flexibility index (Phi) is 4.52. The second kappa shape index (κ2) is 5.17. The maximum Gasteiger partial charge on any atom is 0.345 e. The molecule has 0 unspecified atom stereocenters. The average molecular weight is 172 g/mol. The third kappa shape index (κ3) is 2.61. The van der Waals surface area contributed by atoms with Crippen molar-refractivity contribution in [3.8, 4) is 0 Å². The molecule has 0 aromatic heterocycles. The molecule has 0 rings (SSSR count). The van der Waals surface area contributed by atoms with E-state index in [1.54, 1.807) is 6.92 Å². The summed E-state index contributed by atoms with van der Waals surface area (Å²) < 4.78 is 9.11. The van der Waals surface area contributed by atoms with Crippen molar-refractivity contribution in [2.75, 3.05) is 13.7 Å². The Morgan fingerprint density at radius 1 is 1.67 bits per heavy atom. The zero-order valence-corrected chi connectivity index (χ0v) is 7.09. The van der Waals surface area contributed by atoms with E-state index >= 15 is 0 Å². The predicted octanol–water partition coefficient (Wildman–Crippen LogP) is 0.0158. The van der Waals surface area contributed by atoms with Crippen molar-refractivity contribution in [1.82, 2.24) is 0 Å². The summed E-state index contributed by atoms with van der Waals surface area (Å²) >= 11 is 0. The molecule has 0 bridgehead atoms. The van der Waals surface area contributed by atoms with Gasteiger partial charge in [-0.05, 0) is 6.92 Å². The van der Waals surface area contributed by atoms with Crippen molar-refractivity contribution >= 4 is 11.9 Å². The number of hydrogen-bond donors (Lipinski definition) is 2. The lowest BCUT2D eigenvalue weighted by molar-refractivity contribution is -0.138. The predicted molar refractivity (Wildman–Crippen MR) is 43.6 cm³/mol. The van der Waals surface area contributed by atoms with Crippen LogP contribution in [-0.2, 0) is 14.3 Å². The Morgan fingerprint density at radius 2 is 2.25 bits per heavy atom. The Morgan fingerprint density at radius 3 is 2.58 bits per heavy atom. The van der Waals surface area contributed by atoms with Gasteiger partial charge in [-0.3, -0.25) is 5.41 Å². The minimum Gasteiger partial charge on any atom is -0.481 e. The van der Waals surface area contributed by atoms with Gasteiger partial charge in [-0.25, -0.2) is 4.79 Å². The number of nitrogens with two attached hydrogens (primary N) is 1. The van der Waals surface area contributed by atoms with Crippen LogP contribution in [0, 0.1) is 5.41 Å². The second-order valence-electron chi connectivity index (χ2n) is 1.83. The number of carbonyl (C=O) groups excluding carboxylic acids is 1. The molecule has 0 saturated heterocycles. The fraction of sp³-hybridized carbons (Fsp3) is 0.429. The van der Waals surface area contributed by atoms with E-state index in [9.17, 15) is 4.79 Å². The zero-order valence-electron chi connectivity index (χ0n) is 7.09. The van der Waals surface area contributed by atoms with E-state index in [4.69, 9.17) is 11.1 Å². The van der Waals surface area contributed by atoms with Gasteiger partial charge in [0.2, 0.25) is 5.90 Å². The van der Waals surface area contributed by atoms with Crippen LogP contribution < -0.4 is 5.73 Å². The fourth-order valence-electron chi connectivity index (χ4n) is 0.555. The molecule has 0 radical (unpaired) electrons. The molecule has 0 amide bonds. The molecule has 0 aliphatic rings. The largest absolute Gasteiger partial charge is 0.481 e. The van der Waals surface area contributed by atoms with E-state index in [1.165, 1.54) is 7.11 Å². The lowest BCUT2D eigenvalue weighted by Crippen LogP contribution is -2.17. The SMILES string of the molecule is CCOC(=O)/C(=C/N)C(=N)OC. The highest BCUT2D eigenvalue weighted by atomic mass is 16.5. The number of rotatable bonds is 3. The van der Waals surface area contributed by atoms with Crippen molar-refractivity contribution in [1.29, 1.82) is 5.41 Å². The first-order valence-electron chi connectivity index (χ1n) is 3.39. The van der Waals surface area contributed by atoms with E-state index in [1.807, 2.05) is 0 Å². The van der Waals surface area contributed by atoms with Gasteiger partial charge in [-0.2, -0.15) is 0 Å². The van der Waals surface area contributed by atoms with Crippen LogP contribution in [-0.4, -0.2) is 25.6 Å². The summed E-state index contributed by atoms with van der Waals surface area (Å²) in [4.78, 5) is 11.0. The molecule has 0 aliphatic carbocycles. The third-order valence-corrected chi connectivity index (χ3v) is 1.11. The fourth-order valence-corrected chi connectivity index (χ4v) is 0.555. The first-order chi connectivity index (χ1) is 5.67. The van der Waals surface area contributed by atoms with Crippen LogP contribution in [0.15, 0.2) is 11.8 Å². The van der Waals surface area contributed by atoms with Crippen LogP contribution in [0.1, 0.15) is 6.92 Å². The summed E-state index contributed by atoms with van der Waals surface area (Å²) in [6, 6.07) is 0. The van der Waals surface area contributed by atoms with E-state index in [-0.39, 0.29) is 18.1 Å². The summed E-state index contributed by atoms with van der Waals surface area (Å²) in [6.07, 6.45) is 0.990. The standard InChI is InChI=1S/C7H12N2O3/c1-3-12-7(10)5(4-8)6(9)11-2/h4,9H,3,8H2,1-2H3/b5-4+,9-6?. The average Bonchev–Trinajstić information content (AvgIpc) is 2.06. The molecule has 0 heterocycles. The summed E-state index contributed by atoms with van der Waals surface area (Å²) in [6.45, 7) is 1.91. The van der Waals surface area contributed by atoms with Crippen LogP contribution >= 0.6 is 0 Å². The van der Waals surface area contributed by atoms with Crippen LogP contribution in [0.5, 0.6) is 0 Å². The Labute approximate surface area is 70.7 Å². The quantitative estimate of drug-likeness (QED) is 0.272. The van der Waals surface area contributed by atoms with Crippen molar-refractivity contribution in [3.63, 3.8) is 0 Å². The molecule has 0 spiro atoms. The first kappa shape index (κ1) is 10.5. The van der Waals surface area contributed by atoms with Crippen LogP contribution in [0.2, 0.25) is 0 Å². The molecule has 12 heavy (non-hydrogen) atoms. The molecule has 3 N–H and O–H groups in total. The summed E-state index contributed by atoms with van der Waals surface area (Å²) in [5, 5.41) is 7.13. The number of carbonyl (C=O) groups is 1. The van der Waals surface area contributed by atoms with Gasteiger partial charge in [0.25, 0.3) is 0 Å². The van der Waals surface area contributed by atoms with Gasteiger partial charge in [0.1, 0.15) is 5.57 Å². The summed E-state index contributed by atoms with van der Waals surface area (Å²) in [5.41, 5.74) is 5.03. The van der Waals surface area contributed by atoms with E-state index < -0.39 is 5.97 Å². The normalized spacial score (nSPS) is 10.7. The first-order valence-corrected chi connectivity index (χ1v) is 3.39. The van der Waals surface area contributed by atoms with Crippen LogP contribution in [0.3, 0.4) is 0 Å². The molecular formula is C7H12N2O3. The lowest BCUT2D eigenvalue weighted by atomic mass is 10.3. The van der Waals surface area contributed by atoms with Crippen molar-refractivity contribution in [2.24, 2.45) is 5.73 Å². The Balaban J connectivity index is 4.37. The monoisotopic (exact) mass is 172 g/mol. The van der Waals surface area contributed by atoms with E-state index in [0.29, 0.717) is 0 Å². The molecule has 0 aromatic carbocycles. The van der Waals surface area contributed by atoms with Gasteiger partial charge in [0.15, 0.2) is 0 Å². The molecule has 0 atom stereocenters. The van der Waals surface area contributed by atoms with Gasteiger partial charge < -0.3 is 15.2 Å². The molecule has 0 saturated carbocycles. The minimum absolute atomic E-state index is 0.0700. The van der Waals surface area contributed by atoms with E-state index in [0.717, 1.165) is 6.20 Å². The highest BCUT2D eigenvalue weighted by Crippen LogP contribution is 1.98. The van der Waals surface area contributed by atoms with Gasteiger partial charge >= 0.3 is 5.97 Å². The molecule has 0 aromatic rings. The minimum atomic E-state index is -0.646. The van der Waals surface area contributed by atoms with Crippen molar-refractivity contribution in [2.45, 2.75) is 6.92 Å². The number of esters is 1. The topological polar surface area (TPSA) is 85.4 Å². The summed E-state index contributed by atoms with van der Waals surface area (Å²) in [7, 11) is 1.28. The molecule has 0 aliphatic heterocycles. The Bertz CT molecular complexity index is 211. The highest BCUT2D eigenvalue weighted by molar-refractivity contribution is 6.15. The second-order valence-corrected chi connectivity index (χ2v) is 1.83. The number of ether oxygens (including phenoxy) is 2. The van der Waals surface area contributed by atoms with Gasteiger partial charge in [-0.1, -0.05) is 0 Å². The smallest absolute Gasteiger partial charge is 0.345 e. The molecule has 5 nitrogen and oxygen atoms in total. The number of methoxy groups -OCH3 is 1. The van der Waals surface area contributed by atoms with E-state index in [2.05, 4.69) is 9.47 Å². The van der Waals surface area contributed by atoms with Crippen LogP contribution in [0.4, 0.5) is 0 Å². The Hall–Kier alpha value is -1.52. The molecule has 0 fully saturated rings. The maximum absolute atomic E-state index is 11.0. The third-order valence-electron chi connectivity index (χ3n) is 1.11.